The zero-order valence-electron chi connectivity index (χ0n) is 23.6. The minimum Gasteiger partial charge on any atom is -0.460 e. The quantitative estimate of drug-likeness (QED) is 0.459. The summed E-state index contributed by atoms with van der Waals surface area (Å²) in [6.45, 7) is 9.94. The summed E-state index contributed by atoms with van der Waals surface area (Å²) in [5.74, 6) is -1.01. The second-order valence-electron chi connectivity index (χ2n) is 10.3. The predicted octanol–water partition coefficient (Wildman–Crippen LogP) is 2.90. The first-order valence-corrected chi connectivity index (χ1v) is 13.3. The van der Waals surface area contributed by atoms with Crippen molar-refractivity contribution in [3.63, 3.8) is 0 Å². The Morgan fingerprint density at radius 3 is 2.33 bits per heavy atom. The molecule has 0 saturated carbocycles. The number of piperazine rings is 1. The molecule has 1 aromatic carbocycles. The van der Waals surface area contributed by atoms with Gasteiger partial charge in [0, 0.05) is 30.8 Å². The highest BCUT2D eigenvalue weighted by molar-refractivity contribution is 5.96. The molecule has 40 heavy (non-hydrogen) atoms. The Morgan fingerprint density at radius 2 is 1.70 bits per heavy atom. The van der Waals surface area contributed by atoms with E-state index in [0.717, 1.165) is 5.56 Å². The Hall–Kier alpha value is -4.06. The number of rotatable bonds is 9. The number of ether oxygens (including phenoxy) is 2. The van der Waals surface area contributed by atoms with Crippen molar-refractivity contribution in [2.24, 2.45) is 0 Å². The number of nitrogens with one attached hydrogen (secondary N) is 1. The van der Waals surface area contributed by atoms with E-state index >= 15 is 0 Å². The molecule has 1 atom stereocenters. The van der Waals surface area contributed by atoms with Crippen LogP contribution in [0, 0.1) is 6.92 Å². The molecule has 1 saturated heterocycles. The molecular formula is C28H37N5O7. The normalized spacial score (nSPS) is 14.7. The highest BCUT2D eigenvalue weighted by atomic mass is 16.8. The van der Waals surface area contributed by atoms with Crippen LogP contribution in [-0.4, -0.2) is 88.3 Å². The number of benzene rings is 1. The Balaban J connectivity index is 1.73. The first-order valence-electron chi connectivity index (χ1n) is 13.3. The molecule has 0 bridgehead atoms. The number of nitrogens with zero attached hydrogens (tertiary/aromatic N) is 4. The van der Waals surface area contributed by atoms with Gasteiger partial charge < -0.3 is 24.5 Å². The summed E-state index contributed by atoms with van der Waals surface area (Å²) in [5, 5.41) is 4.19. The van der Waals surface area contributed by atoms with Gasteiger partial charge in [0.1, 0.15) is 17.3 Å². The van der Waals surface area contributed by atoms with Gasteiger partial charge >= 0.3 is 12.1 Å². The van der Waals surface area contributed by atoms with Gasteiger partial charge in [-0.05, 0) is 47.1 Å². The topological polar surface area (TPSA) is 140 Å². The van der Waals surface area contributed by atoms with E-state index in [-0.39, 0.29) is 57.2 Å². The molecule has 12 nitrogen and oxygen atoms in total. The fourth-order valence-electron chi connectivity index (χ4n) is 4.02. The molecule has 2 heterocycles. The van der Waals surface area contributed by atoms with Crippen molar-refractivity contribution in [1.82, 2.24) is 25.2 Å². The van der Waals surface area contributed by atoms with Crippen LogP contribution in [0.15, 0.2) is 36.4 Å². The Kier molecular flexibility index (Phi) is 10.5. The number of aromatic nitrogens is 2. The van der Waals surface area contributed by atoms with Gasteiger partial charge in [0.25, 0.3) is 5.91 Å². The van der Waals surface area contributed by atoms with Gasteiger partial charge in [-0.3, -0.25) is 14.4 Å². The molecular weight excluding hydrogens is 518 g/mol. The second-order valence-corrected chi connectivity index (χ2v) is 10.3. The molecule has 0 aliphatic carbocycles. The van der Waals surface area contributed by atoms with Crippen molar-refractivity contribution in [3.8, 4) is 11.4 Å². The smallest absolute Gasteiger partial charge is 0.460 e. The lowest BCUT2D eigenvalue weighted by atomic mass is 10.1. The number of hydrogen-bond acceptors (Lipinski definition) is 10. The number of amides is 2. The summed E-state index contributed by atoms with van der Waals surface area (Å²) in [6.07, 6.45) is -0.841. The summed E-state index contributed by atoms with van der Waals surface area (Å²) >= 11 is 0. The molecule has 1 aromatic heterocycles. The maximum atomic E-state index is 13.5. The van der Waals surface area contributed by atoms with Crippen molar-refractivity contribution in [2.75, 3.05) is 32.8 Å². The monoisotopic (exact) mass is 555 g/mol. The lowest BCUT2D eigenvalue weighted by molar-refractivity contribution is -0.158. The highest BCUT2D eigenvalue weighted by Gasteiger charge is 2.31. The van der Waals surface area contributed by atoms with Gasteiger partial charge in [-0.2, -0.15) is 0 Å². The van der Waals surface area contributed by atoms with Crippen molar-refractivity contribution in [3.05, 3.63) is 47.8 Å². The van der Waals surface area contributed by atoms with E-state index in [9.17, 15) is 19.2 Å². The molecule has 12 heteroatoms. The predicted molar refractivity (Wildman–Crippen MR) is 145 cm³/mol. The maximum absolute atomic E-state index is 13.5. The number of carbonyl (C=O) groups excluding carboxylic acids is 4. The van der Waals surface area contributed by atoms with Crippen LogP contribution in [0.3, 0.4) is 0 Å². The van der Waals surface area contributed by atoms with E-state index in [0.29, 0.717) is 11.5 Å². The molecule has 1 aliphatic heterocycles. The van der Waals surface area contributed by atoms with Gasteiger partial charge in [-0.15, -0.1) is 5.06 Å². The van der Waals surface area contributed by atoms with Gasteiger partial charge in [-0.25, -0.2) is 14.8 Å². The Morgan fingerprint density at radius 1 is 1.02 bits per heavy atom. The van der Waals surface area contributed by atoms with Crippen LogP contribution in [0.2, 0.25) is 0 Å². The SMILES string of the molecule is CCOC(=O)ON1CCN(C(=O)[C@H](CCC(=O)OC(C)(C)C)NC(=O)c2cc(C)nc(-c3ccccc3)n2)CC1. The largest absolute Gasteiger partial charge is 0.527 e. The van der Waals surface area contributed by atoms with Crippen molar-refractivity contribution in [1.29, 1.82) is 0 Å². The summed E-state index contributed by atoms with van der Waals surface area (Å²) in [7, 11) is 0. The van der Waals surface area contributed by atoms with Crippen LogP contribution in [0.1, 0.15) is 56.7 Å². The summed E-state index contributed by atoms with van der Waals surface area (Å²) in [4.78, 5) is 66.4. The third-order valence-corrected chi connectivity index (χ3v) is 5.80. The van der Waals surface area contributed by atoms with Gasteiger partial charge in [-0.1, -0.05) is 30.3 Å². The summed E-state index contributed by atoms with van der Waals surface area (Å²) in [6, 6.07) is 9.80. The molecule has 1 N–H and O–H groups in total. The maximum Gasteiger partial charge on any atom is 0.527 e. The fraction of sp³-hybridized carbons (Fsp3) is 0.500. The molecule has 3 rings (SSSR count). The number of aryl methyl sites for hydroxylation is 1. The molecule has 1 fully saturated rings. The van der Waals surface area contributed by atoms with Gasteiger partial charge in [0.05, 0.1) is 19.7 Å². The summed E-state index contributed by atoms with van der Waals surface area (Å²) < 4.78 is 10.2. The van der Waals surface area contributed by atoms with E-state index in [1.165, 1.54) is 5.06 Å². The van der Waals surface area contributed by atoms with Crippen LogP contribution >= 0.6 is 0 Å². The third kappa shape index (κ3) is 9.30. The molecule has 0 spiro atoms. The second kappa shape index (κ2) is 13.8. The minimum absolute atomic E-state index is 0.0363. The van der Waals surface area contributed by atoms with E-state index in [4.69, 9.17) is 14.3 Å². The zero-order valence-corrected chi connectivity index (χ0v) is 23.6. The molecule has 0 unspecified atom stereocenters. The summed E-state index contributed by atoms with van der Waals surface area (Å²) in [5.41, 5.74) is 0.768. The number of carbonyl (C=O) groups is 4. The molecule has 0 radical (unpaired) electrons. The first kappa shape index (κ1) is 30.5. The van der Waals surface area contributed by atoms with E-state index in [1.807, 2.05) is 30.3 Å². The first-order chi connectivity index (χ1) is 18.9. The standard InChI is InChI=1S/C28H37N5O7/c1-6-38-27(37)40-33-16-14-32(15-17-33)26(36)21(12-13-23(34)39-28(3,4)5)31-25(35)22-18-19(2)29-24(30-22)20-10-8-7-9-11-20/h7-11,18,21H,6,12-17H2,1-5H3,(H,31,35)/t21-/m0/s1. The highest BCUT2D eigenvalue weighted by Crippen LogP contribution is 2.17. The zero-order chi connectivity index (χ0) is 29.3. The van der Waals surface area contributed by atoms with E-state index in [2.05, 4.69) is 15.3 Å². The molecule has 216 valence electrons. The molecule has 2 amide bonds. The number of esters is 1. The number of hydroxylamine groups is 2. The van der Waals surface area contributed by atoms with Crippen molar-refractivity contribution >= 4 is 23.9 Å². The Labute approximate surface area is 234 Å². The third-order valence-electron chi connectivity index (χ3n) is 5.80. The lowest BCUT2D eigenvalue weighted by Crippen LogP contribution is -2.55. The van der Waals surface area contributed by atoms with Crippen LogP contribution in [-0.2, 0) is 23.9 Å². The van der Waals surface area contributed by atoms with Gasteiger partial charge in [0.2, 0.25) is 5.91 Å². The fourth-order valence-corrected chi connectivity index (χ4v) is 4.02. The van der Waals surface area contributed by atoms with Crippen LogP contribution in [0.25, 0.3) is 11.4 Å². The van der Waals surface area contributed by atoms with E-state index < -0.39 is 29.7 Å². The molecule has 2 aromatic rings. The number of hydrogen-bond donors (Lipinski definition) is 1. The minimum atomic E-state index is -1.01. The van der Waals surface area contributed by atoms with Crippen LogP contribution in [0.5, 0.6) is 0 Å². The lowest BCUT2D eigenvalue weighted by Gasteiger charge is -2.35. The van der Waals surface area contributed by atoms with Gasteiger partial charge in [0.15, 0.2) is 5.82 Å². The van der Waals surface area contributed by atoms with Crippen LogP contribution < -0.4 is 5.32 Å². The van der Waals surface area contributed by atoms with Crippen molar-refractivity contribution in [2.45, 2.75) is 59.1 Å². The Bertz CT molecular complexity index is 1190. The average Bonchev–Trinajstić information content (AvgIpc) is 2.90. The van der Waals surface area contributed by atoms with Crippen LogP contribution in [0.4, 0.5) is 4.79 Å². The molecule has 1 aliphatic rings. The van der Waals surface area contributed by atoms with Crippen molar-refractivity contribution < 1.29 is 33.5 Å². The van der Waals surface area contributed by atoms with E-state index in [1.54, 1.807) is 45.6 Å². The average molecular weight is 556 g/mol.